The number of nitrogens with zero attached hydrogens (tertiary/aromatic N) is 3. The summed E-state index contributed by atoms with van der Waals surface area (Å²) in [6.07, 6.45) is 0. The first-order chi connectivity index (χ1) is 14.3. The van der Waals surface area contributed by atoms with E-state index in [0.29, 0.717) is 21.2 Å². The first kappa shape index (κ1) is 21.9. The van der Waals surface area contributed by atoms with Crippen molar-refractivity contribution in [3.63, 3.8) is 0 Å². The number of benzene rings is 2. The van der Waals surface area contributed by atoms with Crippen molar-refractivity contribution in [2.45, 2.75) is 39.8 Å². The Balaban J connectivity index is 2.20. The highest BCUT2D eigenvalue weighted by molar-refractivity contribution is 7.05. The van der Waals surface area contributed by atoms with Gasteiger partial charge in [-0.25, -0.2) is 0 Å². The van der Waals surface area contributed by atoms with Crippen molar-refractivity contribution in [2.75, 3.05) is 4.90 Å². The van der Waals surface area contributed by atoms with Crippen LogP contribution < -0.4 is 10.2 Å². The van der Waals surface area contributed by atoms with Crippen LogP contribution in [0.5, 0.6) is 0 Å². The lowest BCUT2D eigenvalue weighted by Crippen LogP contribution is -2.46. The average Bonchev–Trinajstić information content (AvgIpc) is 3.13. The van der Waals surface area contributed by atoms with E-state index in [1.54, 1.807) is 19.1 Å². The van der Waals surface area contributed by atoms with Crippen LogP contribution in [0.2, 0.25) is 5.02 Å². The zero-order valence-corrected chi connectivity index (χ0v) is 18.8. The molecule has 0 saturated carbocycles. The maximum atomic E-state index is 13.6. The van der Waals surface area contributed by atoms with Crippen molar-refractivity contribution in [3.8, 4) is 0 Å². The molecule has 0 spiro atoms. The number of anilines is 1. The molecule has 0 fully saturated rings. The summed E-state index contributed by atoms with van der Waals surface area (Å²) in [5, 5.41) is 7.45. The van der Waals surface area contributed by atoms with Gasteiger partial charge in [-0.3, -0.25) is 14.5 Å². The average molecular weight is 443 g/mol. The van der Waals surface area contributed by atoms with Crippen molar-refractivity contribution in [1.82, 2.24) is 14.9 Å². The van der Waals surface area contributed by atoms with Gasteiger partial charge in [0.05, 0.1) is 4.88 Å². The van der Waals surface area contributed by atoms with E-state index < -0.39 is 11.9 Å². The van der Waals surface area contributed by atoms with E-state index in [1.165, 1.54) is 4.90 Å². The van der Waals surface area contributed by atoms with Gasteiger partial charge in [0.15, 0.2) is 5.69 Å². The Morgan fingerprint density at radius 1 is 1.10 bits per heavy atom. The summed E-state index contributed by atoms with van der Waals surface area (Å²) in [6.45, 7) is 7.42. The molecular weight excluding hydrogens is 420 g/mol. The molecule has 0 radical (unpaired) electrons. The van der Waals surface area contributed by atoms with Crippen LogP contribution in [0.15, 0.2) is 48.5 Å². The molecule has 0 bridgehead atoms. The highest BCUT2D eigenvalue weighted by atomic mass is 35.5. The molecule has 2 aromatic carbocycles. The molecule has 0 aliphatic rings. The second kappa shape index (κ2) is 9.36. The van der Waals surface area contributed by atoms with Gasteiger partial charge in [0.25, 0.3) is 5.91 Å². The lowest BCUT2D eigenvalue weighted by molar-refractivity contribution is -0.123. The second-order valence-corrected chi connectivity index (χ2v) is 8.63. The molecular formula is C22H23ClN4O2S. The molecule has 0 aliphatic heterocycles. The fraction of sp³-hybridized carbons (Fsp3) is 0.273. The largest absolute Gasteiger partial charge is 0.352 e. The lowest BCUT2D eigenvalue weighted by atomic mass is 10.0. The van der Waals surface area contributed by atoms with Crippen LogP contribution >= 0.6 is 23.1 Å². The molecule has 156 valence electrons. The summed E-state index contributed by atoms with van der Waals surface area (Å²) < 4.78 is 3.89. The normalized spacial score (nSPS) is 11.9. The number of aromatic nitrogens is 2. The quantitative estimate of drug-likeness (QED) is 0.599. The van der Waals surface area contributed by atoms with E-state index in [-0.39, 0.29) is 17.6 Å². The van der Waals surface area contributed by atoms with Gasteiger partial charge in [-0.2, -0.15) is 0 Å². The number of carbonyl (C=O) groups excluding carboxylic acids is 2. The topological polar surface area (TPSA) is 75.2 Å². The van der Waals surface area contributed by atoms with Crippen molar-refractivity contribution in [3.05, 3.63) is 75.3 Å². The SMILES string of the molecule is Cc1ccc(N(C(=O)c2nnsc2C)C(C(=O)NC(C)C)c2ccccc2)cc1Cl. The molecule has 0 saturated heterocycles. The maximum Gasteiger partial charge on any atom is 0.281 e. The summed E-state index contributed by atoms with van der Waals surface area (Å²) in [5.41, 5.74) is 2.29. The van der Waals surface area contributed by atoms with Crippen molar-refractivity contribution < 1.29 is 9.59 Å². The summed E-state index contributed by atoms with van der Waals surface area (Å²) in [4.78, 5) is 29.1. The zero-order chi connectivity index (χ0) is 21.8. The molecule has 0 aliphatic carbocycles. The van der Waals surface area contributed by atoms with Crippen LogP contribution in [0.1, 0.15) is 46.4 Å². The minimum atomic E-state index is -0.902. The molecule has 6 nitrogen and oxygen atoms in total. The standard InChI is InChI=1S/C22H23ClN4O2S/c1-13(2)24-21(28)20(16-8-6-5-7-9-16)27(17-11-10-14(3)18(23)12-17)22(29)19-15(4)30-26-25-19/h5-13,20H,1-4H3,(H,24,28). The predicted octanol–water partition coefficient (Wildman–Crippen LogP) is 4.72. The maximum absolute atomic E-state index is 13.6. The molecule has 30 heavy (non-hydrogen) atoms. The smallest absolute Gasteiger partial charge is 0.281 e. The Bertz CT molecular complexity index is 1050. The minimum Gasteiger partial charge on any atom is -0.352 e. The first-order valence-electron chi connectivity index (χ1n) is 9.53. The van der Waals surface area contributed by atoms with Crippen molar-refractivity contribution in [2.24, 2.45) is 0 Å². The van der Waals surface area contributed by atoms with Gasteiger partial charge in [-0.1, -0.05) is 52.5 Å². The van der Waals surface area contributed by atoms with Crippen molar-refractivity contribution >= 4 is 40.6 Å². The Kier molecular flexibility index (Phi) is 6.84. The van der Waals surface area contributed by atoms with E-state index in [1.807, 2.05) is 57.2 Å². The van der Waals surface area contributed by atoms with Crippen LogP contribution in [0.25, 0.3) is 0 Å². The minimum absolute atomic E-state index is 0.0926. The molecule has 1 N–H and O–H groups in total. The fourth-order valence-electron chi connectivity index (χ4n) is 3.08. The predicted molar refractivity (Wildman–Crippen MR) is 120 cm³/mol. The third-order valence-corrected chi connectivity index (χ3v) is 5.60. The number of nitrogens with one attached hydrogen (secondary N) is 1. The molecule has 2 amide bonds. The zero-order valence-electron chi connectivity index (χ0n) is 17.2. The number of rotatable bonds is 6. The van der Waals surface area contributed by atoms with Gasteiger partial charge >= 0.3 is 0 Å². The molecule has 3 rings (SSSR count). The second-order valence-electron chi connectivity index (χ2n) is 7.26. The van der Waals surface area contributed by atoms with Gasteiger partial charge in [-0.05, 0) is 62.5 Å². The van der Waals surface area contributed by atoms with Crippen molar-refractivity contribution in [1.29, 1.82) is 0 Å². The van der Waals surface area contributed by atoms with Crippen LogP contribution in [-0.4, -0.2) is 27.4 Å². The lowest BCUT2D eigenvalue weighted by Gasteiger charge is -2.32. The van der Waals surface area contributed by atoms with E-state index in [4.69, 9.17) is 11.6 Å². The number of hydrogen-bond donors (Lipinski definition) is 1. The summed E-state index contributed by atoms with van der Waals surface area (Å²) in [7, 11) is 0. The number of carbonyl (C=O) groups is 2. The Morgan fingerprint density at radius 3 is 2.37 bits per heavy atom. The molecule has 1 atom stereocenters. The van der Waals surface area contributed by atoms with Crippen LogP contribution in [0.4, 0.5) is 5.69 Å². The summed E-state index contributed by atoms with van der Waals surface area (Å²) >= 11 is 7.51. The number of halogens is 1. The van der Waals surface area contributed by atoms with Crippen LogP contribution in [-0.2, 0) is 4.79 Å². The van der Waals surface area contributed by atoms with Gasteiger partial charge in [0.2, 0.25) is 5.91 Å². The highest BCUT2D eigenvalue weighted by Gasteiger charge is 2.35. The van der Waals surface area contributed by atoms with E-state index in [9.17, 15) is 9.59 Å². The monoisotopic (exact) mass is 442 g/mol. The van der Waals surface area contributed by atoms with Gasteiger partial charge in [-0.15, -0.1) is 5.10 Å². The number of aryl methyl sites for hydroxylation is 2. The fourth-order valence-corrected chi connectivity index (χ4v) is 3.71. The van der Waals surface area contributed by atoms with E-state index in [0.717, 1.165) is 17.1 Å². The summed E-state index contributed by atoms with van der Waals surface area (Å²) in [6, 6.07) is 13.5. The molecule has 3 aromatic rings. The Hall–Kier alpha value is -2.77. The van der Waals surface area contributed by atoms with E-state index >= 15 is 0 Å². The molecule has 1 heterocycles. The number of amides is 2. The number of hydrogen-bond acceptors (Lipinski definition) is 5. The van der Waals surface area contributed by atoms with Crippen LogP contribution in [0.3, 0.4) is 0 Å². The molecule has 1 unspecified atom stereocenters. The molecule has 8 heteroatoms. The Labute approximate surface area is 185 Å². The Morgan fingerprint density at radius 2 is 1.80 bits per heavy atom. The third-order valence-electron chi connectivity index (χ3n) is 4.56. The first-order valence-corrected chi connectivity index (χ1v) is 10.7. The van der Waals surface area contributed by atoms with Gasteiger partial charge in [0, 0.05) is 16.8 Å². The van der Waals surface area contributed by atoms with E-state index in [2.05, 4.69) is 14.9 Å². The highest BCUT2D eigenvalue weighted by Crippen LogP contribution is 2.33. The van der Waals surface area contributed by atoms with Gasteiger partial charge < -0.3 is 5.32 Å². The van der Waals surface area contributed by atoms with Gasteiger partial charge in [0.1, 0.15) is 6.04 Å². The summed E-state index contributed by atoms with van der Waals surface area (Å²) in [5.74, 6) is -0.698. The van der Waals surface area contributed by atoms with Crippen LogP contribution in [0, 0.1) is 13.8 Å². The molecule has 1 aromatic heterocycles. The third kappa shape index (κ3) is 4.68.